The monoisotopic (exact) mass is 373 g/mol. The van der Waals surface area contributed by atoms with Crippen LogP contribution in [0.15, 0.2) is 35.7 Å². The number of benzene rings is 1. The quantitative estimate of drug-likeness (QED) is 0.627. The van der Waals surface area contributed by atoms with Gasteiger partial charge in [0.15, 0.2) is 5.13 Å². The number of likely N-dealkylation sites (N-methyl/N-ethyl adjacent to an activating group) is 1. The second kappa shape index (κ2) is 8.08. The van der Waals surface area contributed by atoms with Crippen LogP contribution >= 0.6 is 22.7 Å². The molecule has 1 amide bonds. The fourth-order valence-corrected chi connectivity index (χ4v) is 4.35. The lowest BCUT2D eigenvalue weighted by atomic mass is 10.2. The number of hydrogen-bond acceptors (Lipinski definition) is 5. The van der Waals surface area contributed by atoms with E-state index in [1.807, 2.05) is 36.5 Å². The summed E-state index contributed by atoms with van der Waals surface area (Å²) in [5.41, 5.74) is 2.27. The summed E-state index contributed by atoms with van der Waals surface area (Å²) in [4.78, 5) is 22.7. The van der Waals surface area contributed by atoms with E-state index < -0.39 is 0 Å². The first-order valence-corrected chi connectivity index (χ1v) is 10.1. The van der Waals surface area contributed by atoms with E-state index in [1.54, 1.807) is 22.7 Å². The molecule has 25 heavy (non-hydrogen) atoms. The van der Waals surface area contributed by atoms with Crippen molar-refractivity contribution in [2.75, 3.05) is 32.1 Å². The van der Waals surface area contributed by atoms with Crippen LogP contribution in [0.25, 0.3) is 10.2 Å². The maximum Gasteiger partial charge on any atom is 0.234 e. The van der Waals surface area contributed by atoms with Crippen LogP contribution < -0.4 is 4.90 Å². The third kappa shape index (κ3) is 4.45. The molecule has 0 unspecified atom stereocenters. The van der Waals surface area contributed by atoms with Gasteiger partial charge >= 0.3 is 0 Å². The standard InChI is InChI=1S/C19H23N3OS2/c1-4-14-7-8-16-17(12-14)25-19(20-16)22(10-9-21(2)3)18(23)13-15-6-5-11-24-15/h5-8,11-12H,4,9-10,13H2,1-3H3. The van der Waals surface area contributed by atoms with Crippen molar-refractivity contribution in [1.29, 1.82) is 0 Å². The Morgan fingerprint density at radius 1 is 1.20 bits per heavy atom. The molecular formula is C19H23N3OS2. The molecule has 0 aliphatic rings. The minimum Gasteiger partial charge on any atom is -0.308 e. The second-order valence-corrected chi connectivity index (χ2v) is 8.30. The van der Waals surface area contributed by atoms with Crippen LogP contribution in [0, 0.1) is 0 Å². The lowest BCUT2D eigenvalue weighted by Crippen LogP contribution is -2.37. The van der Waals surface area contributed by atoms with Gasteiger partial charge in [0.05, 0.1) is 16.6 Å². The van der Waals surface area contributed by atoms with E-state index in [1.165, 1.54) is 5.56 Å². The van der Waals surface area contributed by atoms with E-state index in [0.29, 0.717) is 13.0 Å². The first-order valence-electron chi connectivity index (χ1n) is 8.43. The summed E-state index contributed by atoms with van der Waals surface area (Å²) in [5.74, 6) is 0.110. The Morgan fingerprint density at radius 2 is 2.04 bits per heavy atom. The van der Waals surface area contributed by atoms with E-state index in [2.05, 4.69) is 30.0 Å². The number of aromatic nitrogens is 1. The van der Waals surface area contributed by atoms with E-state index >= 15 is 0 Å². The molecule has 0 bridgehead atoms. The average molecular weight is 374 g/mol. The normalized spacial score (nSPS) is 11.4. The van der Waals surface area contributed by atoms with Crippen molar-refractivity contribution < 1.29 is 4.79 Å². The van der Waals surface area contributed by atoms with Crippen molar-refractivity contribution in [3.63, 3.8) is 0 Å². The van der Waals surface area contributed by atoms with Crippen LogP contribution in [0.1, 0.15) is 17.4 Å². The number of amides is 1. The molecule has 0 N–H and O–H groups in total. The lowest BCUT2D eigenvalue weighted by Gasteiger charge is -2.21. The summed E-state index contributed by atoms with van der Waals surface area (Å²) < 4.78 is 1.15. The maximum atomic E-state index is 12.9. The largest absolute Gasteiger partial charge is 0.308 e. The molecule has 0 aliphatic carbocycles. The maximum absolute atomic E-state index is 12.9. The van der Waals surface area contributed by atoms with Crippen LogP contribution in [0.3, 0.4) is 0 Å². The number of anilines is 1. The van der Waals surface area contributed by atoms with Crippen LogP contribution in [-0.2, 0) is 17.6 Å². The van der Waals surface area contributed by atoms with E-state index in [4.69, 9.17) is 4.98 Å². The first-order chi connectivity index (χ1) is 12.1. The molecule has 6 heteroatoms. The highest BCUT2D eigenvalue weighted by Crippen LogP contribution is 2.30. The van der Waals surface area contributed by atoms with Gasteiger partial charge in [0.2, 0.25) is 5.91 Å². The minimum atomic E-state index is 0.110. The third-order valence-corrected chi connectivity index (χ3v) is 5.98. The average Bonchev–Trinajstić information content (AvgIpc) is 3.23. The molecule has 132 valence electrons. The summed E-state index contributed by atoms with van der Waals surface area (Å²) >= 11 is 3.23. The minimum absolute atomic E-state index is 0.110. The van der Waals surface area contributed by atoms with Gasteiger partial charge in [-0.2, -0.15) is 0 Å². The third-order valence-electron chi connectivity index (χ3n) is 4.06. The second-order valence-electron chi connectivity index (χ2n) is 6.26. The molecule has 0 aliphatic heterocycles. The molecule has 0 saturated carbocycles. The molecule has 0 spiro atoms. The highest BCUT2D eigenvalue weighted by Gasteiger charge is 2.20. The summed E-state index contributed by atoms with van der Waals surface area (Å²) in [6, 6.07) is 10.4. The zero-order valence-electron chi connectivity index (χ0n) is 14.9. The number of aryl methyl sites for hydroxylation is 1. The molecular weight excluding hydrogens is 350 g/mol. The first kappa shape index (κ1) is 18.0. The van der Waals surface area contributed by atoms with E-state index in [0.717, 1.165) is 33.2 Å². The summed E-state index contributed by atoms with van der Waals surface area (Å²) in [5, 5.41) is 2.81. The number of hydrogen-bond donors (Lipinski definition) is 0. The van der Waals surface area contributed by atoms with Gasteiger partial charge in [-0.3, -0.25) is 9.69 Å². The molecule has 2 heterocycles. The van der Waals surface area contributed by atoms with Gasteiger partial charge in [-0.1, -0.05) is 30.4 Å². The molecule has 2 aromatic heterocycles. The topological polar surface area (TPSA) is 36.4 Å². The SMILES string of the molecule is CCc1ccc2nc(N(CCN(C)C)C(=O)Cc3cccs3)sc2c1. The van der Waals surface area contributed by atoms with E-state index in [-0.39, 0.29) is 5.91 Å². The molecule has 0 saturated heterocycles. The van der Waals surface area contributed by atoms with Crippen LogP contribution in [-0.4, -0.2) is 43.0 Å². The van der Waals surface area contributed by atoms with Crippen molar-refractivity contribution >= 4 is 43.9 Å². The molecule has 4 nitrogen and oxygen atoms in total. The van der Waals surface area contributed by atoms with Gasteiger partial charge in [0.25, 0.3) is 0 Å². The Morgan fingerprint density at radius 3 is 2.72 bits per heavy atom. The highest BCUT2D eigenvalue weighted by atomic mass is 32.1. The fraction of sp³-hybridized carbons (Fsp3) is 0.368. The lowest BCUT2D eigenvalue weighted by molar-refractivity contribution is -0.118. The van der Waals surface area contributed by atoms with Crippen molar-refractivity contribution in [3.05, 3.63) is 46.2 Å². The number of nitrogens with zero attached hydrogens (tertiary/aromatic N) is 3. The van der Waals surface area contributed by atoms with Crippen LogP contribution in [0.4, 0.5) is 5.13 Å². The Hall–Kier alpha value is -1.76. The van der Waals surface area contributed by atoms with Crippen molar-refractivity contribution in [2.45, 2.75) is 19.8 Å². The zero-order chi connectivity index (χ0) is 17.8. The van der Waals surface area contributed by atoms with Gasteiger partial charge in [0.1, 0.15) is 0 Å². The number of carbonyl (C=O) groups excluding carboxylic acids is 1. The number of carbonyl (C=O) groups is 1. The Bertz CT molecular complexity index is 840. The predicted octanol–water partition coefficient (Wildman–Crippen LogP) is 4.06. The number of rotatable bonds is 7. The van der Waals surface area contributed by atoms with Crippen LogP contribution in [0.2, 0.25) is 0 Å². The predicted molar refractivity (Wildman–Crippen MR) is 108 cm³/mol. The van der Waals surface area contributed by atoms with Crippen LogP contribution in [0.5, 0.6) is 0 Å². The molecule has 0 atom stereocenters. The number of fused-ring (bicyclic) bond motifs is 1. The molecule has 0 fully saturated rings. The Balaban J connectivity index is 1.88. The smallest absolute Gasteiger partial charge is 0.234 e. The Labute approximate surface area is 156 Å². The molecule has 3 rings (SSSR count). The number of thiazole rings is 1. The highest BCUT2D eigenvalue weighted by molar-refractivity contribution is 7.22. The van der Waals surface area contributed by atoms with Gasteiger partial charge in [0, 0.05) is 18.0 Å². The van der Waals surface area contributed by atoms with Crippen molar-refractivity contribution in [3.8, 4) is 0 Å². The summed E-state index contributed by atoms with van der Waals surface area (Å²) in [7, 11) is 4.04. The zero-order valence-corrected chi connectivity index (χ0v) is 16.5. The fourth-order valence-electron chi connectivity index (χ4n) is 2.58. The van der Waals surface area contributed by atoms with Gasteiger partial charge < -0.3 is 4.90 Å². The van der Waals surface area contributed by atoms with Crippen molar-refractivity contribution in [1.82, 2.24) is 9.88 Å². The van der Waals surface area contributed by atoms with Gasteiger partial charge in [-0.25, -0.2) is 4.98 Å². The molecule has 0 radical (unpaired) electrons. The molecule has 3 aromatic rings. The van der Waals surface area contributed by atoms with E-state index in [9.17, 15) is 4.79 Å². The van der Waals surface area contributed by atoms with Gasteiger partial charge in [-0.15, -0.1) is 11.3 Å². The summed E-state index contributed by atoms with van der Waals surface area (Å²) in [6.45, 7) is 3.61. The number of thiophene rings is 1. The molecule has 1 aromatic carbocycles. The van der Waals surface area contributed by atoms with Crippen molar-refractivity contribution in [2.24, 2.45) is 0 Å². The van der Waals surface area contributed by atoms with Gasteiger partial charge in [-0.05, 0) is 49.7 Å². The summed E-state index contributed by atoms with van der Waals surface area (Å²) in [6.07, 6.45) is 1.44. The Kier molecular flexibility index (Phi) is 5.83.